The number of ether oxygens (including phenoxy) is 2. The zero-order valence-corrected chi connectivity index (χ0v) is 16.1. The molecule has 0 bridgehead atoms. The molecule has 5 rings (SSSR count). The monoisotopic (exact) mass is 379 g/mol. The van der Waals surface area contributed by atoms with E-state index in [0.29, 0.717) is 13.2 Å². The quantitative estimate of drug-likeness (QED) is 0.580. The molecule has 0 radical (unpaired) electrons. The first-order valence-corrected chi connectivity index (χ1v) is 10.1. The molecule has 2 unspecified atom stereocenters. The third kappa shape index (κ3) is 3.35. The van der Waals surface area contributed by atoms with E-state index >= 15 is 0 Å². The van der Waals surface area contributed by atoms with Crippen LogP contribution in [0.5, 0.6) is 5.75 Å². The zero-order valence-electron chi connectivity index (χ0n) is 16.1. The minimum atomic E-state index is -0.235. The Kier molecular flexibility index (Phi) is 4.47. The average Bonchev–Trinajstić information content (AvgIpc) is 3.10. The summed E-state index contributed by atoms with van der Waals surface area (Å²) in [6.07, 6.45) is 3.31. The molecule has 5 heteroatoms. The fourth-order valence-corrected chi connectivity index (χ4v) is 4.47. The van der Waals surface area contributed by atoms with E-state index in [4.69, 9.17) is 13.9 Å². The molecule has 1 saturated heterocycles. The van der Waals surface area contributed by atoms with Crippen LogP contribution in [0, 0.1) is 11.8 Å². The number of likely N-dealkylation sites (tertiary alicyclic amines) is 1. The molecule has 0 spiro atoms. The van der Waals surface area contributed by atoms with E-state index in [-0.39, 0.29) is 12.4 Å². The van der Waals surface area contributed by atoms with Crippen molar-refractivity contribution >= 4 is 27.7 Å². The van der Waals surface area contributed by atoms with E-state index in [1.807, 2.05) is 25.1 Å². The summed E-state index contributed by atoms with van der Waals surface area (Å²) in [5, 5.41) is 3.13. The van der Waals surface area contributed by atoms with Crippen LogP contribution in [0.2, 0.25) is 0 Å². The van der Waals surface area contributed by atoms with Crippen molar-refractivity contribution in [3.8, 4) is 5.75 Å². The Morgan fingerprint density at radius 2 is 2.07 bits per heavy atom. The highest BCUT2D eigenvalue weighted by atomic mass is 16.5. The number of carbonyl (C=O) groups excluding carboxylic acids is 1. The molecule has 0 amide bonds. The molecule has 146 valence electrons. The molecular weight excluding hydrogens is 354 g/mol. The Morgan fingerprint density at radius 1 is 1.21 bits per heavy atom. The Balaban J connectivity index is 1.32. The van der Waals surface area contributed by atoms with Gasteiger partial charge in [-0.3, -0.25) is 9.69 Å². The molecule has 2 heterocycles. The van der Waals surface area contributed by atoms with Crippen molar-refractivity contribution in [2.45, 2.75) is 19.8 Å². The highest BCUT2D eigenvalue weighted by Crippen LogP contribution is 2.44. The number of esters is 1. The average molecular weight is 379 g/mol. The number of hydrogen-bond acceptors (Lipinski definition) is 5. The van der Waals surface area contributed by atoms with Gasteiger partial charge in [-0.05, 0) is 60.2 Å². The van der Waals surface area contributed by atoms with Crippen molar-refractivity contribution in [2.24, 2.45) is 11.8 Å². The van der Waals surface area contributed by atoms with Gasteiger partial charge in [0.05, 0.1) is 19.3 Å². The summed E-state index contributed by atoms with van der Waals surface area (Å²) in [5.74, 6) is 2.57. The molecule has 2 atom stereocenters. The summed E-state index contributed by atoms with van der Waals surface area (Å²) < 4.78 is 16.7. The smallest absolute Gasteiger partial charge is 0.310 e. The largest absolute Gasteiger partial charge is 0.492 e. The van der Waals surface area contributed by atoms with Crippen LogP contribution < -0.4 is 4.74 Å². The molecule has 5 nitrogen and oxygen atoms in total. The third-order valence-corrected chi connectivity index (χ3v) is 5.97. The fourth-order valence-electron chi connectivity index (χ4n) is 4.47. The molecule has 2 aliphatic rings. The first kappa shape index (κ1) is 17.6. The first-order chi connectivity index (χ1) is 13.7. The van der Waals surface area contributed by atoms with Gasteiger partial charge < -0.3 is 13.9 Å². The van der Waals surface area contributed by atoms with Crippen molar-refractivity contribution in [1.29, 1.82) is 0 Å². The number of hydrogen-bond donors (Lipinski definition) is 0. The Labute approximate surface area is 164 Å². The highest BCUT2D eigenvalue weighted by molar-refractivity contribution is 6.08. The first-order valence-electron chi connectivity index (χ1n) is 10.1. The summed E-state index contributed by atoms with van der Waals surface area (Å²) in [4.78, 5) is 14.4. The van der Waals surface area contributed by atoms with Crippen LogP contribution in [-0.4, -0.2) is 43.7 Å². The van der Waals surface area contributed by atoms with Crippen LogP contribution in [0.1, 0.15) is 18.9 Å². The second kappa shape index (κ2) is 7.13. The van der Waals surface area contributed by atoms with Gasteiger partial charge in [0.2, 0.25) is 0 Å². The van der Waals surface area contributed by atoms with E-state index in [1.165, 1.54) is 19.5 Å². The number of piperidine rings is 1. The van der Waals surface area contributed by atoms with E-state index in [1.54, 1.807) is 6.26 Å². The van der Waals surface area contributed by atoms with E-state index in [9.17, 15) is 4.79 Å². The van der Waals surface area contributed by atoms with Gasteiger partial charge in [-0.25, -0.2) is 0 Å². The van der Waals surface area contributed by atoms with Crippen molar-refractivity contribution in [2.75, 3.05) is 32.8 Å². The van der Waals surface area contributed by atoms with Crippen molar-refractivity contribution in [1.82, 2.24) is 4.90 Å². The fraction of sp³-hybridized carbons (Fsp3) is 0.435. The maximum Gasteiger partial charge on any atom is 0.310 e. The number of benzene rings is 2. The van der Waals surface area contributed by atoms with Crippen LogP contribution >= 0.6 is 0 Å². The number of furan rings is 1. The maximum absolute atomic E-state index is 11.9. The number of carbonyl (C=O) groups is 1. The van der Waals surface area contributed by atoms with Crippen molar-refractivity contribution in [3.05, 3.63) is 42.2 Å². The molecule has 3 aromatic rings. The van der Waals surface area contributed by atoms with Crippen LogP contribution in [-0.2, 0) is 16.0 Å². The molecule has 1 aliphatic carbocycles. The Morgan fingerprint density at radius 3 is 2.89 bits per heavy atom. The Bertz CT molecular complexity index is 1010. The number of fused-ring (bicyclic) bond motifs is 4. The van der Waals surface area contributed by atoms with Gasteiger partial charge in [0, 0.05) is 30.6 Å². The van der Waals surface area contributed by atoms with Crippen molar-refractivity contribution < 1.29 is 18.7 Å². The predicted octanol–water partition coefficient (Wildman–Crippen LogP) is 4.02. The lowest BCUT2D eigenvalue weighted by Gasteiger charge is -2.17. The predicted molar refractivity (Wildman–Crippen MR) is 108 cm³/mol. The Hall–Kier alpha value is -2.53. The normalized spacial score (nSPS) is 21.2. The molecule has 0 N–H and O–H groups in total. The minimum absolute atomic E-state index is 0.218. The molecule has 1 aromatic heterocycles. The van der Waals surface area contributed by atoms with Gasteiger partial charge in [0.25, 0.3) is 0 Å². The SMILES string of the molecule is CCOC(=O)Cc1coc2ccc3cc(OCCN4CC5CC5C4)ccc3c12. The van der Waals surface area contributed by atoms with Gasteiger partial charge in [-0.2, -0.15) is 0 Å². The lowest BCUT2D eigenvalue weighted by Crippen LogP contribution is -2.27. The van der Waals surface area contributed by atoms with Crippen LogP contribution in [0.3, 0.4) is 0 Å². The van der Waals surface area contributed by atoms with E-state index in [2.05, 4.69) is 17.0 Å². The van der Waals surface area contributed by atoms with Crippen LogP contribution in [0.25, 0.3) is 21.7 Å². The molecule has 1 aliphatic heterocycles. The van der Waals surface area contributed by atoms with Gasteiger partial charge >= 0.3 is 5.97 Å². The molecular formula is C23H25NO4. The molecule has 1 saturated carbocycles. The molecule has 28 heavy (non-hydrogen) atoms. The zero-order chi connectivity index (χ0) is 19.1. The van der Waals surface area contributed by atoms with Gasteiger partial charge in [0.1, 0.15) is 17.9 Å². The topological polar surface area (TPSA) is 51.9 Å². The molecule has 2 fully saturated rings. The third-order valence-electron chi connectivity index (χ3n) is 5.97. The second-order valence-electron chi connectivity index (χ2n) is 7.93. The lowest BCUT2D eigenvalue weighted by molar-refractivity contribution is -0.142. The van der Waals surface area contributed by atoms with Crippen LogP contribution in [0.15, 0.2) is 41.0 Å². The summed E-state index contributed by atoms with van der Waals surface area (Å²) in [6.45, 7) is 6.40. The van der Waals surface area contributed by atoms with E-state index in [0.717, 1.165) is 51.4 Å². The minimum Gasteiger partial charge on any atom is -0.492 e. The number of rotatable bonds is 7. The summed E-state index contributed by atoms with van der Waals surface area (Å²) in [6, 6.07) is 10.1. The summed E-state index contributed by atoms with van der Waals surface area (Å²) in [5.41, 5.74) is 1.65. The van der Waals surface area contributed by atoms with Gasteiger partial charge in [-0.15, -0.1) is 0 Å². The van der Waals surface area contributed by atoms with Gasteiger partial charge in [-0.1, -0.05) is 6.07 Å². The summed E-state index contributed by atoms with van der Waals surface area (Å²) in [7, 11) is 0. The maximum atomic E-state index is 11.9. The standard InChI is InChI=1S/C23H25NO4/c1-2-26-22(25)11-18-14-28-21-6-3-15-10-19(4-5-20(15)23(18)21)27-8-7-24-12-16-9-17(16)13-24/h3-6,10,14,16-17H,2,7-9,11-13H2,1H3. The lowest BCUT2D eigenvalue weighted by atomic mass is 10.0. The van der Waals surface area contributed by atoms with Gasteiger partial charge in [0.15, 0.2) is 0 Å². The van der Waals surface area contributed by atoms with E-state index < -0.39 is 0 Å². The molecule has 2 aromatic carbocycles. The summed E-state index contributed by atoms with van der Waals surface area (Å²) >= 11 is 0. The highest BCUT2D eigenvalue weighted by Gasteiger charge is 2.44. The van der Waals surface area contributed by atoms with Crippen molar-refractivity contribution in [3.63, 3.8) is 0 Å². The number of nitrogens with zero attached hydrogens (tertiary/aromatic N) is 1. The van der Waals surface area contributed by atoms with Crippen LogP contribution in [0.4, 0.5) is 0 Å². The second-order valence-corrected chi connectivity index (χ2v) is 7.93.